The van der Waals surface area contributed by atoms with Gasteiger partial charge in [0, 0.05) is 18.1 Å². The molecule has 0 amide bonds. The second-order valence-corrected chi connectivity index (χ2v) is 6.45. The molecule has 0 spiro atoms. The average Bonchev–Trinajstić information content (AvgIpc) is 2.96. The van der Waals surface area contributed by atoms with Crippen molar-refractivity contribution in [2.75, 3.05) is 13.1 Å². The molecule has 1 aliphatic heterocycles. The molecular weight excluding hydrogens is 300 g/mol. The van der Waals surface area contributed by atoms with Crippen LogP contribution in [0.2, 0.25) is 5.02 Å². The second kappa shape index (κ2) is 6.77. The number of hydrogen-bond acceptors (Lipinski definition) is 4. The standard InChI is InChI=1S/C16H21ClN4O/c1-12(22)13-3-2-8-20(9-13)10-15-11-21(19-18-15)16-6-4-14(17)5-7-16/h4-7,11-13,22H,2-3,8-10H2,1H3. The van der Waals surface area contributed by atoms with E-state index in [1.54, 1.807) is 4.68 Å². The van der Waals surface area contributed by atoms with E-state index < -0.39 is 0 Å². The molecule has 1 saturated heterocycles. The van der Waals surface area contributed by atoms with Crippen LogP contribution in [0.1, 0.15) is 25.5 Å². The van der Waals surface area contributed by atoms with Crippen molar-refractivity contribution < 1.29 is 5.11 Å². The Balaban J connectivity index is 1.65. The third-order valence-electron chi connectivity index (χ3n) is 4.24. The van der Waals surface area contributed by atoms with Crippen LogP contribution < -0.4 is 0 Å². The van der Waals surface area contributed by atoms with Gasteiger partial charge in [-0.1, -0.05) is 16.8 Å². The van der Waals surface area contributed by atoms with Crippen LogP contribution in [0.15, 0.2) is 30.5 Å². The Morgan fingerprint density at radius 3 is 2.86 bits per heavy atom. The lowest BCUT2D eigenvalue weighted by Crippen LogP contribution is -2.39. The van der Waals surface area contributed by atoms with Gasteiger partial charge in [-0.05, 0) is 56.5 Å². The van der Waals surface area contributed by atoms with Crippen LogP contribution in [0.4, 0.5) is 0 Å². The highest BCUT2D eigenvalue weighted by Crippen LogP contribution is 2.21. The van der Waals surface area contributed by atoms with E-state index in [0.29, 0.717) is 10.9 Å². The number of hydrogen-bond donors (Lipinski definition) is 1. The summed E-state index contributed by atoms with van der Waals surface area (Å²) < 4.78 is 1.77. The molecule has 6 heteroatoms. The fourth-order valence-electron chi connectivity index (χ4n) is 2.95. The minimum atomic E-state index is -0.243. The lowest BCUT2D eigenvalue weighted by Gasteiger charge is -2.33. The van der Waals surface area contributed by atoms with E-state index in [2.05, 4.69) is 15.2 Å². The van der Waals surface area contributed by atoms with Crippen LogP contribution in [-0.2, 0) is 6.54 Å². The summed E-state index contributed by atoms with van der Waals surface area (Å²) in [5.41, 5.74) is 1.89. The fourth-order valence-corrected chi connectivity index (χ4v) is 3.07. The first kappa shape index (κ1) is 15.5. The first-order valence-corrected chi connectivity index (χ1v) is 8.07. The molecule has 0 saturated carbocycles. The molecule has 2 atom stereocenters. The zero-order valence-corrected chi connectivity index (χ0v) is 13.4. The fraction of sp³-hybridized carbons (Fsp3) is 0.500. The van der Waals surface area contributed by atoms with E-state index in [1.165, 1.54) is 0 Å². The van der Waals surface area contributed by atoms with Gasteiger partial charge in [0.05, 0.1) is 23.7 Å². The van der Waals surface area contributed by atoms with Crippen LogP contribution in [0.5, 0.6) is 0 Å². The second-order valence-electron chi connectivity index (χ2n) is 6.01. The Hall–Kier alpha value is -1.43. The lowest BCUT2D eigenvalue weighted by molar-refractivity contribution is 0.0594. The Morgan fingerprint density at radius 1 is 1.36 bits per heavy atom. The first-order chi connectivity index (χ1) is 10.6. The summed E-state index contributed by atoms with van der Waals surface area (Å²) in [6, 6.07) is 7.53. The zero-order valence-electron chi connectivity index (χ0n) is 12.7. The monoisotopic (exact) mass is 320 g/mol. The van der Waals surface area contributed by atoms with Crippen LogP contribution >= 0.6 is 11.6 Å². The number of halogens is 1. The van der Waals surface area contributed by atoms with Gasteiger partial charge in [0.15, 0.2) is 0 Å². The minimum Gasteiger partial charge on any atom is -0.393 e. The van der Waals surface area contributed by atoms with Gasteiger partial charge in [-0.15, -0.1) is 5.10 Å². The molecule has 118 valence electrons. The number of likely N-dealkylation sites (tertiary alicyclic amines) is 1. The van der Waals surface area contributed by atoms with Crippen LogP contribution in [0.25, 0.3) is 5.69 Å². The van der Waals surface area contributed by atoms with Crippen molar-refractivity contribution >= 4 is 11.6 Å². The van der Waals surface area contributed by atoms with E-state index in [1.807, 2.05) is 37.4 Å². The van der Waals surface area contributed by atoms with E-state index in [9.17, 15) is 5.11 Å². The molecule has 2 aromatic rings. The summed E-state index contributed by atoms with van der Waals surface area (Å²) in [5.74, 6) is 0.361. The minimum absolute atomic E-state index is 0.243. The Labute approximate surface area is 135 Å². The van der Waals surface area contributed by atoms with Gasteiger partial charge in [-0.3, -0.25) is 4.90 Å². The summed E-state index contributed by atoms with van der Waals surface area (Å²) in [6.07, 6.45) is 3.94. The molecule has 1 fully saturated rings. The Bertz CT molecular complexity index is 611. The van der Waals surface area contributed by atoms with Gasteiger partial charge < -0.3 is 5.11 Å². The Kier molecular flexibility index (Phi) is 4.76. The third kappa shape index (κ3) is 3.66. The van der Waals surface area contributed by atoms with Crippen LogP contribution in [0.3, 0.4) is 0 Å². The van der Waals surface area contributed by atoms with Gasteiger partial charge >= 0.3 is 0 Å². The van der Waals surface area contributed by atoms with E-state index in [4.69, 9.17) is 11.6 Å². The van der Waals surface area contributed by atoms with Gasteiger partial charge in [-0.25, -0.2) is 4.68 Å². The van der Waals surface area contributed by atoms with Crippen molar-refractivity contribution in [1.29, 1.82) is 0 Å². The predicted octanol–water partition coefficient (Wildman–Crippen LogP) is 2.51. The van der Waals surface area contributed by atoms with Gasteiger partial charge in [-0.2, -0.15) is 0 Å². The number of aliphatic hydroxyl groups is 1. The maximum atomic E-state index is 9.77. The quantitative estimate of drug-likeness (QED) is 0.940. The topological polar surface area (TPSA) is 54.2 Å². The molecule has 0 aliphatic carbocycles. The van der Waals surface area contributed by atoms with Crippen molar-refractivity contribution in [2.45, 2.75) is 32.4 Å². The lowest BCUT2D eigenvalue weighted by atomic mass is 9.93. The normalized spacial score (nSPS) is 21.0. The molecule has 2 heterocycles. The maximum absolute atomic E-state index is 9.77. The summed E-state index contributed by atoms with van der Waals surface area (Å²) in [5, 5.41) is 18.9. The number of piperidine rings is 1. The smallest absolute Gasteiger partial charge is 0.0971 e. The summed E-state index contributed by atoms with van der Waals surface area (Å²) >= 11 is 5.90. The summed E-state index contributed by atoms with van der Waals surface area (Å²) in [4.78, 5) is 2.34. The van der Waals surface area contributed by atoms with Crippen molar-refractivity contribution in [3.63, 3.8) is 0 Å². The first-order valence-electron chi connectivity index (χ1n) is 7.69. The van der Waals surface area contributed by atoms with Gasteiger partial charge in [0.25, 0.3) is 0 Å². The number of nitrogens with zero attached hydrogens (tertiary/aromatic N) is 4. The molecular formula is C16H21ClN4O. The summed E-state index contributed by atoms with van der Waals surface area (Å²) in [6.45, 7) is 4.63. The van der Waals surface area contributed by atoms with Crippen molar-refractivity contribution in [2.24, 2.45) is 5.92 Å². The highest BCUT2D eigenvalue weighted by molar-refractivity contribution is 6.30. The molecule has 22 heavy (non-hydrogen) atoms. The van der Waals surface area contributed by atoms with Gasteiger partial charge in [0.1, 0.15) is 0 Å². The number of aliphatic hydroxyl groups excluding tert-OH is 1. The highest BCUT2D eigenvalue weighted by Gasteiger charge is 2.23. The molecule has 1 aromatic heterocycles. The average molecular weight is 321 g/mol. The molecule has 1 N–H and O–H groups in total. The highest BCUT2D eigenvalue weighted by atomic mass is 35.5. The number of rotatable bonds is 4. The van der Waals surface area contributed by atoms with Gasteiger partial charge in [0.2, 0.25) is 0 Å². The van der Waals surface area contributed by atoms with Crippen LogP contribution in [0, 0.1) is 5.92 Å². The van der Waals surface area contributed by atoms with Crippen molar-refractivity contribution in [1.82, 2.24) is 19.9 Å². The molecule has 0 radical (unpaired) electrons. The molecule has 0 bridgehead atoms. The van der Waals surface area contributed by atoms with E-state index in [0.717, 1.165) is 43.9 Å². The van der Waals surface area contributed by atoms with E-state index in [-0.39, 0.29) is 6.10 Å². The SMILES string of the molecule is CC(O)C1CCCN(Cc2cn(-c3ccc(Cl)cc3)nn2)C1. The number of benzene rings is 1. The predicted molar refractivity (Wildman–Crippen MR) is 86.1 cm³/mol. The molecule has 1 aromatic carbocycles. The van der Waals surface area contributed by atoms with Crippen LogP contribution in [-0.4, -0.2) is 44.2 Å². The molecule has 1 aliphatic rings. The molecule has 3 rings (SSSR count). The maximum Gasteiger partial charge on any atom is 0.0971 e. The largest absolute Gasteiger partial charge is 0.393 e. The van der Waals surface area contributed by atoms with Crippen molar-refractivity contribution in [3.8, 4) is 5.69 Å². The Morgan fingerprint density at radius 2 is 2.14 bits per heavy atom. The summed E-state index contributed by atoms with van der Waals surface area (Å²) in [7, 11) is 0. The third-order valence-corrected chi connectivity index (χ3v) is 4.49. The molecule has 5 nitrogen and oxygen atoms in total. The number of aromatic nitrogens is 3. The molecule has 2 unspecified atom stereocenters. The zero-order chi connectivity index (χ0) is 15.5. The van der Waals surface area contributed by atoms with Crippen molar-refractivity contribution in [3.05, 3.63) is 41.2 Å². The van der Waals surface area contributed by atoms with E-state index >= 15 is 0 Å².